The van der Waals surface area contributed by atoms with Gasteiger partial charge in [-0.2, -0.15) is 0 Å². The molecule has 0 atom stereocenters. The number of nitrogens with one attached hydrogen (secondary N) is 1. The van der Waals surface area contributed by atoms with E-state index >= 15 is 0 Å². The predicted molar refractivity (Wildman–Crippen MR) is 138 cm³/mol. The minimum atomic E-state index is -1.80. The molecule has 1 aromatic heterocycles. The third-order valence-corrected chi connectivity index (χ3v) is 11.1. The van der Waals surface area contributed by atoms with Gasteiger partial charge in [-0.05, 0) is 68.6 Å². The summed E-state index contributed by atoms with van der Waals surface area (Å²) in [7, 11) is -1.80. The molecule has 7 heteroatoms. The standard InChI is InChI=1S/C25H38N2O3SSi/c1-18-22(31-17-27-18)20-12-13-21(16-26-23(28)30-24(2,3)4)19(15-20)11-10-14-29-32(8,9)25(5,6)7/h10-13,15,17H,14,16H2,1-9H3,(H,26,28)/b11-10+. The number of alkyl carbamates (subject to hydrolysis) is 1. The summed E-state index contributed by atoms with van der Waals surface area (Å²) in [5, 5.41) is 3.04. The zero-order chi connectivity index (χ0) is 24.2. The lowest BCUT2D eigenvalue weighted by Gasteiger charge is -2.35. The number of benzene rings is 1. The number of carbonyl (C=O) groups excluding carboxylic acids is 1. The molecule has 0 aliphatic rings. The van der Waals surface area contributed by atoms with E-state index in [0.29, 0.717) is 13.2 Å². The second-order valence-electron chi connectivity index (χ2n) is 10.5. The fraction of sp³-hybridized carbons (Fsp3) is 0.520. The lowest BCUT2D eigenvalue weighted by molar-refractivity contribution is 0.0523. The molecular weight excluding hydrogens is 436 g/mol. The summed E-state index contributed by atoms with van der Waals surface area (Å²) < 4.78 is 11.7. The highest BCUT2D eigenvalue weighted by molar-refractivity contribution is 7.13. The van der Waals surface area contributed by atoms with Gasteiger partial charge in [0.05, 0.1) is 22.7 Å². The van der Waals surface area contributed by atoms with Crippen molar-refractivity contribution in [1.29, 1.82) is 0 Å². The number of aromatic nitrogens is 1. The largest absolute Gasteiger partial charge is 0.444 e. The minimum absolute atomic E-state index is 0.174. The van der Waals surface area contributed by atoms with Crippen molar-refractivity contribution in [2.45, 2.75) is 78.7 Å². The predicted octanol–water partition coefficient (Wildman–Crippen LogP) is 7.18. The van der Waals surface area contributed by atoms with Gasteiger partial charge in [0.15, 0.2) is 8.32 Å². The molecule has 0 fully saturated rings. The van der Waals surface area contributed by atoms with Crippen LogP contribution in [0.4, 0.5) is 4.79 Å². The molecule has 0 aliphatic carbocycles. The molecule has 2 rings (SSSR count). The second kappa shape index (κ2) is 10.3. The van der Waals surface area contributed by atoms with Crippen molar-refractivity contribution in [3.63, 3.8) is 0 Å². The second-order valence-corrected chi connectivity index (χ2v) is 16.2. The molecule has 2 aromatic rings. The molecular formula is C25H38N2O3SSi. The summed E-state index contributed by atoms with van der Waals surface area (Å²) in [4.78, 5) is 17.7. The minimum Gasteiger partial charge on any atom is -0.444 e. The van der Waals surface area contributed by atoms with E-state index in [1.165, 1.54) is 0 Å². The van der Waals surface area contributed by atoms with E-state index in [1.807, 2.05) is 33.2 Å². The van der Waals surface area contributed by atoms with Crippen molar-refractivity contribution in [1.82, 2.24) is 10.3 Å². The fourth-order valence-corrected chi connectivity index (χ4v) is 4.51. The van der Waals surface area contributed by atoms with Crippen LogP contribution in [0, 0.1) is 6.92 Å². The Morgan fingerprint density at radius 1 is 1.19 bits per heavy atom. The average Bonchev–Trinajstić information content (AvgIpc) is 3.07. The SMILES string of the molecule is Cc1ncsc1-c1ccc(CNC(=O)OC(C)(C)C)c(/C=C/CO[Si](C)(C)C(C)(C)C)c1. The first kappa shape index (κ1) is 26.3. The van der Waals surface area contributed by atoms with E-state index in [2.05, 4.69) is 74.5 Å². The van der Waals surface area contributed by atoms with Crippen molar-refractivity contribution in [3.8, 4) is 10.4 Å². The van der Waals surface area contributed by atoms with Crippen LogP contribution >= 0.6 is 11.3 Å². The lowest BCUT2D eigenvalue weighted by atomic mass is 10.0. The van der Waals surface area contributed by atoms with E-state index in [0.717, 1.165) is 27.3 Å². The van der Waals surface area contributed by atoms with Crippen LogP contribution < -0.4 is 5.32 Å². The summed E-state index contributed by atoms with van der Waals surface area (Å²) in [6, 6.07) is 6.28. The molecule has 0 bridgehead atoms. The van der Waals surface area contributed by atoms with Crippen molar-refractivity contribution in [3.05, 3.63) is 46.6 Å². The molecule has 176 valence electrons. The maximum atomic E-state index is 12.1. The van der Waals surface area contributed by atoms with Gasteiger partial charge in [0.1, 0.15) is 5.60 Å². The average molecular weight is 475 g/mol. The molecule has 0 spiro atoms. The maximum absolute atomic E-state index is 12.1. The van der Waals surface area contributed by atoms with E-state index in [1.54, 1.807) is 11.3 Å². The van der Waals surface area contributed by atoms with Crippen LogP contribution in [0.1, 0.15) is 58.4 Å². The third-order valence-electron chi connectivity index (χ3n) is 5.62. The Morgan fingerprint density at radius 3 is 2.44 bits per heavy atom. The van der Waals surface area contributed by atoms with Gasteiger partial charge in [-0.15, -0.1) is 11.3 Å². The van der Waals surface area contributed by atoms with Crippen LogP contribution in [0.3, 0.4) is 0 Å². The van der Waals surface area contributed by atoms with Crippen LogP contribution in [-0.4, -0.2) is 31.6 Å². The molecule has 5 nitrogen and oxygen atoms in total. The summed E-state index contributed by atoms with van der Waals surface area (Å²) in [5.74, 6) is 0. The van der Waals surface area contributed by atoms with Gasteiger partial charge in [-0.25, -0.2) is 9.78 Å². The van der Waals surface area contributed by atoms with Crippen molar-refractivity contribution >= 4 is 31.8 Å². The molecule has 1 N–H and O–H groups in total. The van der Waals surface area contributed by atoms with Gasteiger partial charge in [0.2, 0.25) is 0 Å². The highest BCUT2D eigenvalue weighted by Crippen LogP contribution is 2.36. The Morgan fingerprint density at radius 2 is 1.88 bits per heavy atom. The number of aryl methyl sites for hydroxylation is 1. The number of thiazole rings is 1. The van der Waals surface area contributed by atoms with Gasteiger partial charge in [-0.1, -0.05) is 45.1 Å². The van der Waals surface area contributed by atoms with E-state index in [-0.39, 0.29) is 5.04 Å². The van der Waals surface area contributed by atoms with Crippen LogP contribution in [0.25, 0.3) is 16.5 Å². The Labute approximate surface area is 198 Å². The molecule has 0 aliphatic heterocycles. The van der Waals surface area contributed by atoms with Gasteiger partial charge in [-0.3, -0.25) is 0 Å². The van der Waals surface area contributed by atoms with Crippen molar-refractivity contribution in [2.75, 3.05) is 6.61 Å². The van der Waals surface area contributed by atoms with Gasteiger partial charge < -0.3 is 14.5 Å². The monoisotopic (exact) mass is 474 g/mol. The normalized spacial score (nSPS) is 12.9. The molecule has 1 aromatic carbocycles. The molecule has 0 saturated heterocycles. The number of rotatable bonds is 7. The summed E-state index contributed by atoms with van der Waals surface area (Å²) in [6.45, 7) is 19.8. The zero-order valence-corrected chi connectivity index (χ0v) is 22.8. The Bertz CT molecular complexity index is 953. The van der Waals surface area contributed by atoms with Crippen LogP contribution in [0.2, 0.25) is 18.1 Å². The molecule has 32 heavy (non-hydrogen) atoms. The topological polar surface area (TPSA) is 60.5 Å². The van der Waals surface area contributed by atoms with E-state index in [9.17, 15) is 4.79 Å². The first-order valence-electron chi connectivity index (χ1n) is 11.0. The molecule has 0 unspecified atom stereocenters. The highest BCUT2D eigenvalue weighted by Gasteiger charge is 2.36. The Balaban J connectivity index is 2.22. The van der Waals surface area contributed by atoms with Gasteiger partial charge in [0.25, 0.3) is 0 Å². The highest BCUT2D eigenvalue weighted by atomic mass is 32.1. The first-order chi connectivity index (χ1) is 14.7. The quantitative estimate of drug-likeness (QED) is 0.432. The first-order valence-corrected chi connectivity index (χ1v) is 14.8. The lowest BCUT2D eigenvalue weighted by Crippen LogP contribution is -2.40. The van der Waals surface area contributed by atoms with E-state index < -0.39 is 20.0 Å². The Kier molecular flexibility index (Phi) is 8.48. The number of hydrogen-bond donors (Lipinski definition) is 1. The van der Waals surface area contributed by atoms with Crippen LogP contribution in [-0.2, 0) is 15.7 Å². The fourth-order valence-electron chi connectivity index (χ4n) is 2.76. The van der Waals surface area contributed by atoms with E-state index in [4.69, 9.17) is 9.16 Å². The third kappa shape index (κ3) is 7.57. The number of hydrogen-bond acceptors (Lipinski definition) is 5. The van der Waals surface area contributed by atoms with Crippen molar-refractivity contribution < 1.29 is 14.0 Å². The smallest absolute Gasteiger partial charge is 0.407 e. The van der Waals surface area contributed by atoms with Gasteiger partial charge in [0, 0.05) is 6.54 Å². The summed E-state index contributed by atoms with van der Waals surface area (Å²) >= 11 is 1.63. The number of ether oxygens (including phenoxy) is 1. The number of carbonyl (C=O) groups is 1. The number of nitrogens with zero attached hydrogens (tertiary/aromatic N) is 1. The molecule has 0 saturated carbocycles. The van der Waals surface area contributed by atoms with Crippen LogP contribution in [0.15, 0.2) is 29.8 Å². The van der Waals surface area contributed by atoms with Crippen molar-refractivity contribution in [2.24, 2.45) is 0 Å². The zero-order valence-electron chi connectivity index (χ0n) is 21.0. The maximum Gasteiger partial charge on any atom is 0.407 e. The van der Waals surface area contributed by atoms with Gasteiger partial charge >= 0.3 is 6.09 Å². The number of amides is 1. The van der Waals surface area contributed by atoms with Crippen LogP contribution in [0.5, 0.6) is 0 Å². The summed E-state index contributed by atoms with van der Waals surface area (Å²) in [5.41, 5.74) is 5.55. The molecule has 1 amide bonds. The molecule has 1 heterocycles. The molecule has 0 radical (unpaired) electrons. The summed E-state index contributed by atoms with van der Waals surface area (Å²) in [6.07, 6.45) is 3.73. The Hall–Kier alpha value is -1.96.